The van der Waals surface area contributed by atoms with Crippen LogP contribution in [0, 0.1) is 0 Å². The Balaban J connectivity index is 1.85. The van der Waals surface area contributed by atoms with E-state index < -0.39 is 9.84 Å². The van der Waals surface area contributed by atoms with Gasteiger partial charge in [-0.3, -0.25) is 4.79 Å². The molecule has 2 aliphatic heterocycles. The van der Waals surface area contributed by atoms with Crippen molar-refractivity contribution in [1.82, 2.24) is 4.90 Å². The predicted octanol–water partition coefficient (Wildman–Crippen LogP) is 0.752. The quantitative estimate of drug-likeness (QED) is 0.828. The second-order valence-corrected chi connectivity index (χ2v) is 7.56. The molecule has 0 aliphatic carbocycles. The third-order valence-electron chi connectivity index (χ3n) is 3.75. The van der Waals surface area contributed by atoms with Gasteiger partial charge >= 0.3 is 0 Å². The zero-order chi connectivity index (χ0) is 14.9. The van der Waals surface area contributed by atoms with Gasteiger partial charge in [-0.2, -0.15) is 0 Å². The van der Waals surface area contributed by atoms with Crippen LogP contribution in [0.25, 0.3) is 0 Å². The highest BCUT2D eigenvalue weighted by molar-refractivity contribution is 7.91. The van der Waals surface area contributed by atoms with E-state index in [9.17, 15) is 13.2 Å². The number of fused-ring (bicyclic) bond motifs is 1. The fraction of sp³-hybridized carbons (Fsp3) is 0.500. The largest absolute Gasteiger partial charge is 0.489 e. The molecule has 3 rings (SSSR count). The van der Waals surface area contributed by atoms with Crippen LogP contribution in [0.1, 0.15) is 16.8 Å². The van der Waals surface area contributed by atoms with Gasteiger partial charge < -0.3 is 15.0 Å². The minimum Gasteiger partial charge on any atom is -0.489 e. The first-order chi connectivity index (χ1) is 10.1. The van der Waals surface area contributed by atoms with Crippen molar-refractivity contribution in [2.45, 2.75) is 6.42 Å². The van der Waals surface area contributed by atoms with E-state index in [2.05, 4.69) is 5.32 Å². The molecule has 21 heavy (non-hydrogen) atoms. The number of anilines is 1. The lowest BCUT2D eigenvalue weighted by atomic mass is 10.1. The molecule has 2 aliphatic rings. The third kappa shape index (κ3) is 2.97. The lowest BCUT2D eigenvalue weighted by molar-refractivity contribution is 0.0764. The minimum absolute atomic E-state index is 0.0346. The zero-order valence-electron chi connectivity index (χ0n) is 11.7. The molecule has 7 heteroatoms. The number of para-hydroxylation sites is 1. The molecule has 0 unspecified atom stereocenters. The Kier molecular flexibility index (Phi) is 3.75. The number of ether oxygens (including phenoxy) is 1. The molecule has 1 amide bonds. The van der Waals surface area contributed by atoms with Gasteiger partial charge in [-0.1, -0.05) is 6.07 Å². The summed E-state index contributed by atoms with van der Waals surface area (Å²) in [5, 5.41) is 3.19. The van der Waals surface area contributed by atoms with Crippen LogP contribution in [-0.4, -0.2) is 57.0 Å². The number of carbonyl (C=O) groups is 1. The van der Waals surface area contributed by atoms with E-state index in [-0.39, 0.29) is 24.0 Å². The minimum atomic E-state index is -3.02. The summed E-state index contributed by atoms with van der Waals surface area (Å²) in [6.07, 6.45) is 0.488. The van der Waals surface area contributed by atoms with Crippen molar-refractivity contribution in [2.75, 3.05) is 43.1 Å². The van der Waals surface area contributed by atoms with Gasteiger partial charge in [0.1, 0.15) is 6.61 Å². The summed E-state index contributed by atoms with van der Waals surface area (Å²) >= 11 is 0. The molecule has 0 atom stereocenters. The highest BCUT2D eigenvalue weighted by atomic mass is 32.2. The number of carbonyl (C=O) groups excluding carboxylic acids is 1. The van der Waals surface area contributed by atoms with Crippen molar-refractivity contribution in [3.63, 3.8) is 0 Å². The van der Waals surface area contributed by atoms with Crippen LogP contribution in [0.4, 0.5) is 5.69 Å². The van der Waals surface area contributed by atoms with Crippen LogP contribution in [0.5, 0.6) is 5.75 Å². The molecule has 0 aromatic heterocycles. The first-order valence-electron chi connectivity index (χ1n) is 7.06. The second-order valence-electron chi connectivity index (χ2n) is 5.26. The van der Waals surface area contributed by atoms with E-state index in [1.54, 1.807) is 11.0 Å². The molecule has 0 spiro atoms. The van der Waals surface area contributed by atoms with Crippen molar-refractivity contribution in [2.24, 2.45) is 0 Å². The van der Waals surface area contributed by atoms with E-state index >= 15 is 0 Å². The van der Waals surface area contributed by atoms with Crippen LogP contribution >= 0.6 is 0 Å². The van der Waals surface area contributed by atoms with Crippen molar-refractivity contribution >= 4 is 21.4 Å². The van der Waals surface area contributed by atoms with Crippen molar-refractivity contribution in [3.8, 4) is 5.75 Å². The summed E-state index contributed by atoms with van der Waals surface area (Å²) in [5.74, 6) is 0.600. The second kappa shape index (κ2) is 5.55. The van der Waals surface area contributed by atoms with Gasteiger partial charge in [0.15, 0.2) is 15.6 Å². The molecule has 2 heterocycles. The summed E-state index contributed by atoms with van der Waals surface area (Å²) in [6.45, 7) is 1.95. The first kappa shape index (κ1) is 14.2. The van der Waals surface area contributed by atoms with Crippen molar-refractivity contribution < 1.29 is 17.9 Å². The molecule has 0 bridgehead atoms. The molecular weight excluding hydrogens is 292 g/mol. The van der Waals surface area contributed by atoms with E-state index in [0.29, 0.717) is 37.4 Å². The lowest BCUT2D eigenvalue weighted by Crippen LogP contribution is -2.34. The maximum atomic E-state index is 12.7. The number of benzene rings is 1. The van der Waals surface area contributed by atoms with Gasteiger partial charge in [-0.25, -0.2) is 8.42 Å². The Hall–Kier alpha value is -1.76. The lowest BCUT2D eigenvalue weighted by Gasteiger charge is -2.25. The zero-order valence-corrected chi connectivity index (χ0v) is 12.5. The van der Waals surface area contributed by atoms with E-state index in [4.69, 9.17) is 4.74 Å². The summed E-state index contributed by atoms with van der Waals surface area (Å²) in [5.41, 5.74) is 1.31. The Morgan fingerprint density at radius 3 is 2.95 bits per heavy atom. The fourth-order valence-corrected chi connectivity index (χ4v) is 3.92. The maximum absolute atomic E-state index is 12.7. The maximum Gasteiger partial charge on any atom is 0.257 e. The third-order valence-corrected chi connectivity index (χ3v) is 5.47. The van der Waals surface area contributed by atoms with Crippen LogP contribution in [0.3, 0.4) is 0 Å². The smallest absolute Gasteiger partial charge is 0.257 e. The van der Waals surface area contributed by atoms with Gasteiger partial charge in [0, 0.05) is 19.6 Å². The molecule has 0 saturated carbocycles. The summed E-state index contributed by atoms with van der Waals surface area (Å²) in [6, 6.07) is 5.41. The number of nitrogens with one attached hydrogen (secondary N) is 1. The highest BCUT2D eigenvalue weighted by Crippen LogP contribution is 2.32. The number of amides is 1. The molecular formula is C14H18N2O4S. The van der Waals surface area contributed by atoms with E-state index in [0.717, 1.165) is 5.69 Å². The van der Waals surface area contributed by atoms with Crippen LogP contribution in [0.2, 0.25) is 0 Å². The Morgan fingerprint density at radius 1 is 1.24 bits per heavy atom. The summed E-state index contributed by atoms with van der Waals surface area (Å²) < 4.78 is 28.9. The topological polar surface area (TPSA) is 75.7 Å². The average Bonchev–Trinajstić information content (AvgIpc) is 2.67. The molecule has 1 aromatic carbocycles. The van der Waals surface area contributed by atoms with Crippen LogP contribution in [-0.2, 0) is 9.84 Å². The van der Waals surface area contributed by atoms with Gasteiger partial charge in [-0.05, 0) is 18.6 Å². The molecule has 1 aromatic rings. The standard InChI is InChI=1S/C14H18N2O4S/c17-14(16-6-2-9-21(18,19)10-7-16)11-3-1-4-12-13(11)20-8-5-15-12/h1,3-4,15H,2,5-10H2. The normalized spacial score (nSPS) is 20.7. The van der Waals surface area contributed by atoms with Crippen LogP contribution < -0.4 is 10.1 Å². The summed E-state index contributed by atoms with van der Waals surface area (Å²) in [7, 11) is -3.02. The molecule has 6 nitrogen and oxygen atoms in total. The predicted molar refractivity (Wildman–Crippen MR) is 79.6 cm³/mol. The Morgan fingerprint density at radius 2 is 2.10 bits per heavy atom. The van der Waals surface area contributed by atoms with Crippen LogP contribution in [0.15, 0.2) is 18.2 Å². The van der Waals surface area contributed by atoms with Crippen molar-refractivity contribution in [3.05, 3.63) is 23.8 Å². The number of sulfone groups is 1. The molecule has 114 valence electrons. The van der Waals surface area contributed by atoms with Gasteiger partial charge in [-0.15, -0.1) is 0 Å². The number of rotatable bonds is 1. The van der Waals surface area contributed by atoms with Crippen molar-refractivity contribution in [1.29, 1.82) is 0 Å². The number of nitrogens with zero attached hydrogens (tertiary/aromatic N) is 1. The van der Waals surface area contributed by atoms with Gasteiger partial charge in [0.25, 0.3) is 5.91 Å². The Bertz CT molecular complexity index is 657. The number of hydrogen-bond acceptors (Lipinski definition) is 5. The summed E-state index contributed by atoms with van der Waals surface area (Å²) in [4.78, 5) is 14.3. The Labute approximate surface area is 124 Å². The SMILES string of the molecule is O=C(c1cccc2c1OCCN2)N1CCCS(=O)(=O)CC1. The number of hydrogen-bond donors (Lipinski definition) is 1. The molecule has 0 radical (unpaired) electrons. The van der Waals surface area contributed by atoms with E-state index in [1.165, 1.54) is 0 Å². The monoisotopic (exact) mass is 310 g/mol. The molecule has 1 fully saturated rings. The average molecular weight is 310 g/mol. The molecule has 1 N–H and O–H groups in total. The fourth-order valence-electron chi connectivity index (χ4n) is 2.65. The first-order valence-corrected chi connectivity index (χ1v) is 8.88. The molecule has 1 saturated heterocycles. The highest BCUT2D eigenvalue weighted by Gasteiger charge is 2.26. The van der Waals surface area contributed by atoms with Gasteiger partial charge in [0.2, 0.25) is 0 Å². The van der Waals surface area contributed by atoms with E-state index in [1.807, 2.05) is 12.1 Å². The van der Waals surface area contributed by atoms with Gasteiger partial charge in [0.05, 0.1) is 22.8 Å².